The highest BCUT2D eigenvalue weighted by Crippen LogP contribution is 2.23. The molecule has 88 valence electrons. The van der Waals surface area contributed by atoms with Gasteiger partial charge in [-0.3, -0.25) is 0 Å². The SMILES string of the molecule is CCC1(N)CN(S(=O)(=O)NC(=O)OC)C1. The molecule has 0 bridgehead atoms. The van der Waals surface area contributed by atoms with Gasteiger partial charge in [-0.15, -0.1) is 0 Å². The average molecular weight is 237 g/mol. The third-order valence-electron chi connectivity index (χ3n) is 2.42. The summed E-state index contributed by atoms with van der Waals surface area (Å²) in [6.07, 6.45) is -0.307. The second kappa shape index (κ2) is 3.95. The van der Waals surface area contributed by atoms with Gasteiger partial charge in [0.1, 0.15) is 0 Å². The number of rotatable bonds is 3. The van der Waals surface area contributed by atoms with E-state index in [9.17, 15) is 13.2 Å². The highest BCUT2D eigenvalue weighted by molar-refractivity contribution is 7.87. The van der Waals surface area contributed by atoms with Crippen molar-refractivity contribution in [2.45, 2.75) is 18.9 Å². The molecule has 0 aliphatic carbocycles. The van der Waals surface area contributed by atoms with Gasteiger partial charge in [0.25, 0.3) is 0 Å². The molecule has 0 aromatic rings. The third-order valence-corrected chi connectivity index (χ3v) is 3.79. The summed E-state index contributed by atoms with van der Waals surface area (Å²) in [5.41, 5.74) is 5.34. The Balaban J connectivity index is 2.56. The second-order valence-electron chi connectivity index (χ2n) is 3.58. The van der Waals surface area contributed by atoms with E-state index in [4.69, 9.17) is 5.73 Å². The van der Waals surface area contributed by atoms with Gasteiger partial charge in [0.05, 0.1) is 7.11 Å². The van der Waals surface area contributed by atoms with Crippen LogP contribution in [-0.4, -0.2) is 44.6 Å². The number of carbonyl (C=O) groups excluding carboxylic acids is 1. The molecule has 1 rings (SSSR count). The zero-order chi connectivity index (χ0) is 11.7. The Hall–Kier alpha value is -0.860. The van der Waals surface area contributed by atoms with Gasteiger partial charge in [-0.1, -0.05) is 6.92 Å². The minimum Gasteiger partial charge on any atom is -0.452 e. The van der Waals surface area contributed by atoms with E-state index in [-0.39, 0.29) is 13.1 Å². The molecule has 8 heteroatoms. The molecule has 15 heavy (non-hydrogen) atoms. The van der Waals surface area contributed by atoms with E-state index in [0.717, 1.165) is 11.4 Å². The number of hydrogen-bond donors (Lipinski definition) is 2. The minimum absolute atomic E-state index is 0.218. The van der Waals surface area contributed by atoms with Crippen molar-refractivity contribution in [1.82, 2.24) is 9.03 Å². The smallest absolute Gasteiger partial charge is 0.421 e. The molecule has 1 amide bonds. The van der Waals surface area contributed by atoms with Crippen molar-refractivity contribution in [2.24, 2.45) is 5.73 Å². The largest absolute Gasteiger partial charge is 0.452 e. The molecule has 3 N–H and O–H groups in total. The Labute approximate surface area is 88.7 Å². The van der Waals surface area contributed by atoms with Crippen molar-refractivity contribution in [3.63, 3.8) is 0 Å². The highest BCUT2D eigenvalue weighted by atomic mass is 32.2. The summed E-state index contributed by atoms with van der Waals surface area (Å²) in [7, 11) is -2.69. The van der Waals surface area contributed by atoms with Crippen molar-refractivity contribution >= 4 is 16.3 Å². The van der Waals surface area contributed by atoms with Crippen LogP contribution in [0.4, 0.5) is 4.79 Å². The van der Waals surface area contributed by atoms with Gasteiger partial charge in [0, 0.05) is 18.6 Å². The first kappa shape index (κ1) is 12.2. The lowest BCUT2D eigenvalue weighted by molar-refractivity contribution is 0.147. The molecule has 0 atom stereocenters. The summed E-state index contributed by atoms with van der Waals surface area (Å²) in [5.74, 6) is 0. The van der Waals surface area contributed by atoms with Crippen LogP contribution in [0.15, 0.2) is 0 Å². The lowest BCUT2D eigenvalue weighted by Gasteiger charge is -2.45. The van der Waals surface area contributed by atoms with Crippen molar-refractivity contribution in [3.05, 3.63) is 0 Å². The van der Waals surface area contributed by atoms with Crippen LogP contribution in [0.1, 0.15) is 13.3 Å². The van der Waals surface area contributed by atoms with Crippen LogP contribution in [-0.2, 0) is 14.9 Å². The molecule has 7 nitrogen and oxygen atoms in total. The van der Waals surface area contributed by atoms with E-state index < -0.39 is 21.8 Å². The molecular formula is C7H15N3O4S. The number of amides is 1. The number of methoxy groups -OCH3 is 1. The van der Waals surface area contributed by atoms with E-state index in [2.05, 4.69) is 4.74 Å². The molecule has 1 aliphatic heterocycles. The Morgan fingerprint density at radius 3 is 2.53 bits per heavy atom. The monoisotopic (exact) mass is 237 g/mol. The predicted octanol–water partition coefficient (Wildman–Crippen LogP) is -0.990. The molecule has 0 spiro atoms. The van der Waals surface area contributed by atoms with Crippen molar-refractivity contribution in [3.8, 4) is 0 Å². The summed E-state index contributed by atoms with van der Waals surface area (Å²) in [4.78, 5) is 10.7. The Morgan fingerprint density at radius 1 is 1.60 bits per heavy atom. The fraction of sp³-hybridized carbons (Fsp3) is 0.857. The first-order valence-corrected chi connectivity index (χ1v) is 5.92. The number of hydrogen-bond acceptors (Lipinski definition) is 5. The van der Waals surface area contributed by atoms with Crippen LogP contribution < -0.4 is 10.5 Å². The number of nitrogens with one attached hydrogen (secondary N) is 1. The van der Waals surface area contributed by atoms with Crippen LogP contribution in [0.3, 0.4) is 0 Å². The van der Waals surface area contributed by atoms with Gasteiger partial charge in [-0.05, 0) is 6.42 Å². The average Bonchev–Trinajstić information content (AvgIpc) is 2.11. The first-order valence-electron chi connectivity index (χ1n) is 4.48. The number of nitrogens with zero attached hydrogens (tertiary/aromatic N) is 1. The van der Waals surface area contributed by atoms with E-state index in [1.54, 1.807) is 4.72 Å². The van der Waals surface area contributed by atoms with Gasteiger partial charge < -0.3 is 10.5 Å². The van der Waals surface area contributed by atoms with Crippen LogP contribution in [0.2, 0.25) is 0 Å². The Morgan fingerprint density at radius 2 is 2.13 bits per heavy atom. The third kappa shape index (κ3) is 2.58. The van der Waals surface area contributed by atoms with E-state index in [1.165, 1.54) is 0 Å². The quantitative estimate of drug-likeness (QED) is 0.656. The zero-order valence-electron chi connectivity index (χ0n) is 8.69. The highest BCUT2D eigenvalue weighted by Gasteiger charge is 2.44. The molecule has 0 aromatic carbocycles. The van der Waals surface area contributed by atoms with Crippen LogP contribution in [0, 0.1) is 0 Å². The maximum absolute atomic E-state index is 11.4. The van der Waals surface area contributed by atoms with Crippen LogP contribution in [0.25, 0.3) is 0 Å². The van der Waals surface area contributed by atoms with Gasteiger partial charge in [0.15, 0.2) is 0 Å². The normalized spacial score (nSPS) is 20.5. The first-order chi connectivity index (χ1) is 6.83. The number of carbonyl (C=O) groups is 1. The summed E-state index contributed by atoms with van der Waals surface area (Å²) >= 11 is 0. The van der Waals surface area contributed by atoms with Crippen LogP contribution >= 0.6 is 0 Å². The maximum atomic E-state index is 11.4. The summed E-state index contributed by atoms with van der Waals surface area (Å²) in [5, 5.41) is 0. The van der Waals surface area contributed by atoms with Gasteiger partial charge in [0.2, 0.25) is 0 Å². The zero-order valence-corrected chi connectivity index (χ0v) is 9.50. The molecule has 0 radical (unpaired) electrons. The van der Waals surface area contributed by atoms with E-state index in [1.807, 2.05) is 6.92 Å². The van der Waals surface area contributed by atoms with Gasteiger partial charge in [-0.25, -0.2) is 9.52 Å². The Bertz CT molecular complexity index is 347. The summed E-state index contributed by atoms with van der Waals surface area (Å²) in [6.45, 7) is 2.32. The van der Waals surface area contributed by atoms with E-state index in [0.29, 0.717) is 6.42 Å². The molecule has 1 heterocycles. The second-order valence-corrected chi connectivity index (χ2v) is 5.25. The maximum Gasteiger partial charge on any atom is 0.421 e. The molecule has 1 fully saturated rings. The molecule has 0 saturated carbocycles. The fourth-order valence-electron chi connectivity index (χ4n) is 1.26. The van der Waals surface area contributed by atoms with E-state index >= 15 is 0 Å². The van der Waals surface area contributed by atoms with Crippen molar-refractivity contribution in [1.29, 1.82) is 0 Å². The van der Waals surface area contributed by atoms with Gasteiger partial charge >= 0.3 is 16.3 Å². The summed E-state index contributed by atoms with van der Waals surface area (Å²) < 4.78 is 29.9. The number of nitrogens with two attached hydrogens (primary N) is 1. The summed E-state index contributed by atoms with van der Waals surface area (Å²) in [6, 6.07) is 0. The van der Waals surface area contributed by atoms with Crippen molar-refractivity contribution < 1.29 is 17.9 Å². The Kier molecular flexibility index (Phi) is 3.22. The molecule has 1 saturated heterocycles. The van der Waals surface area contributed by atoms with Gasteiger partial charge in [-0.2, -0.15) is 12.7 Å². The standard InChI is InChI=1S/C7H15N3O4S/c1-3-7(8)4-10(5-7)15(12,13)9-6(11)14-2/h3-5,8H2,1-2H3,(H,9,11). The molecule has 0 unspecified atom stereocenters. The molecule has 1 aliphatic rings. The lowest BCUT2D eigenvalue weighted by Crippen LogP contribution is -2.69. The molecular weight excluding hydrogens is 222 g/mol. The lowest BCUT2D eigenvalue weighted by atomic mass is 9.91. The van der Waals surface area contributed by atoms with Crippen molar-refractivity contribution in [2.75, 3.05) is 20.2 Å². The van der Waals surface area contributed by atoms with Crippen LogP contribution in [0.5, 0.6) is 0 Å². The number of ether oxygens (including phenoxy) is 1. The topological polar surface area (TPSA) is 102 Å². The minimum atomic E-state index is -3.79. The fourth-order valence-corrected chi connectivity index (χ4v) is 2.54. The predicted molar refractivity (Wildman–Crippen MR) is 53.2 cm³/mol. The molecule has 0 aromatic heterocycles.